The monoisotopic (exact) mass is 344 g/mol. The number of rotatable bonds is 5. The van der Waals surface area contributed by atoms with Crippen LogP contribution in [0, 0.1) is 6.92 Å². The minimum Gasteiger partial charge on any atom is -0.478 e. The fourth-order valence-corrected chi connectivity index (χ4v) is 3.02. The summed E-state index contributed by atoms with van der Waals surface area (Å²) in [4.78, 5) is 29.7. The third kappa shape index (κ3) is 4.21. The lowest BCUT2D eigenvalue weighted by molar-refractivity contribution is -0.118. The van der Waals surface area contributed by atoms with E-state index in [1.54, 1.807) is 19.1 Å². The number of carbonyl (C=O) groups is 2. The molecule has 25 heavy (non-hydrogen) atoms. The summed E-state index contributed by atoms with van der Waals surface area (Å²) in [5, 5.41) is 15.6. The molecule has 0 unspecified atom stereocenters. The van der Waals surface area contributed by atoms with E-state index in [9.17, 15) is 9.59 Å². The third-order valence-electron chi connectivity index (χ3n) is 4.18. The fourth-order valence-electron chi connectivity index (χ4n) is 3.02. The largest absolute Gasteiger partial charge is 0.478 e. The molecule has 1 fully saturated rings. The van der Waals surface area contributed by atoms with E-state index in [-0.39, 0.29) is 24.1 Å². The minimum atomic E-state index is -1.03. The zero-order valence-electron chi connectivity index (χ0n) is 13.9. The van der Waals surface area contributed by atoms with Crippen molar-refractivity contribution in [3.63, 3.8) is 0 Å². The van der Waals surface area contributed by atoms with Crippen molar-refractivity contribution in [3.05, 3.63) is 41.5 Å². The first-order valence-corrected chi connectivity index (χ1v) is 8.20. The first-order valence-electron chi connectivity index (χ1n) is 8.20. The van der Waals surface area contributed by atoms with E-state index in [1.807, 2.05) is 4.90 Å². The topological polar surface area (TPSA) is 109 Å². The van der Waals surface area contributed by atoms with Crippen molar-refractivity contribution in [2.45, 2.75) is 32.2 Å². The average Bonchev–Trinajstić information content (AvgIpc) is 3.01. The first kappa shape index (κ1) is 17.1. The van der Waals surface area contributed by atoms with Gasteiger partial charge in [-0.3, -0.25) is 9.69 Å². The number of nitrogens with zero attached hydrogens (tertiary/aromatic N) is 3. The van der Waals surface area contributed by atoms with Crippen LogP contribution >= 0.6 is 0 Å². The van der Waals surface area contributed by atoms with Gasteiger partial charge >= 0.3 is 5.97 Å². The molecule has 0 saturated carbocycles. The van der Waals surface area contributed by atoms with Gasteiger partial charge in [-0.15, -0.1) is 0 Å². The molecule has 2 heterocycles. The Bertz CT molecular complexity index is 774. The summed E-state index contributed by atoms with van der Waals surface area (Å²) < 4.78 is 5.28. The second-order valence-electron chi connectivity index (χ2n) is 6.10. The second kappa shape index (κ2) is 7.43. The quantitative estimate of drug-likeness (QED) is 0.856. The van der Waals surface area contributed by atoms with Gasteiger partial charge in [0.05, 0.1) is 18.2 Å². The van der Waals surface area contributed by atoms with Crippen molar-refractivity contribution >= 4 is 17.6 Å². The summed E-state index contributed by atoms with van der Waals surface area (Å²) >= 11 is 0. The van der Waals surface area contributed by atoms with Crippen LogP contribution in [0.25, 0.3) is 0 Å². The molecule has 1 amide bonds. The molecular formula is C17H20N4O4. The molecule has 8 nitrogen and oxygen atoms in total. The summed E-state index contributed by atoms with van der Waals surface area (Å²) in [6, 6.07) is 6.13. The van der Waals surface area contributed by atoms with Crippen LogP contribution in [-0.4, -0.2) is 45.1 Å². The van der Waals surface area contributed by atoms with E-state index in [0.717, 1.165) is 25.8 Å². The standard InChI is InChI=1S/C17H20N4O4/c1-11-18-16(25-20-11)14-7-2-3-8-21(14)10-15(22)19-13-6-4-5-12(9-13)17(23)24/h4-6,9,14H,2-3,7-8,10H2,1H3,(H,19,22)(H,23,24)/t14-/m1/s1. The highest BCUT2D eigenvalue weighted by molar-refractivity contribution is 5.94. The summed E-state index contributed by atoms with van der Waals surface area (Å²) in [5.74, 6) is -0.113. The van der Waals surface area contributed by atoms with Crippen LogP contribution in [0.3, 0.4) is 0 Å². The molecule has 1 aromatic carbocycles. The van der Waals surface area contributed by atoms with Crippen LogP contribution in [0.5, 0.6) is 0 Å². The Morgan fingerprint density at radius 2 is 2.24 bits per heavy atom. The van der Waals surface area contributed by atoms with Crippen LogP contribution in [0.1, 0.15) is 47.4 Å². The number of anilines is 1. The van der Waals surface area contributed by atoms with Gasteiger partial charge in [-0.05, 0) is 44.5 Å². The van der Waals surface area contributed by atoms with Crippen molar-refractivity contribution in [3.8, 4) is 0 Å². The van der Waals surface area contributed by atoms with E-state index in [1.165, 1.54) is 12.1 Å². The maximum absolute atomic E-state index is 12.4. The number of aromatic carboxylic acids is 1. The number of hydrogen-bond donors (Lipinski definition) is 2. The molecule has 132 valence electrons. The molecule has 0 bridgehead atoms. The zero-order chi connectivity index (χ0) is 17.8. The van der Waals surface area contributed by atoms with Crippen LogP contribution in [0.2, 0.25) is 0 Å². The lowest BCUT2D eigenvalue weighted by Crippen LogP contribution is -2.39. The van der Waals surface area contributed by atoms with Crippen LogP contribution < -0.4 is 5.32 Å². The molecule has 3 rings (SSSR count). The van der Waals surface area contributed by atoms with E-state index in [0.29, 0.717) is 17.4 Å². The van der Waals surface area contributed by atoms with Crippen molar-refractivity contribution in [1.29, 1.82) is 0 Å². The lowest BCUT2D eigenvalue weighted by Gasteiger charge is -2.32. The third-order valence-corrected chi connectivity index (χ3v) is 4.18. The molecule has 1 aliphatic rings. The SMILES string of the molecule is Cc1noc([C@H]2CCCCN2CC(=O)Nc2cccc(C(=O)O)c2)n1. The van der Waals surface area contributed by atoms with Gasteiger partial charge in [-0.2, -0.15) is 4.98 Å². The Labute approximate surface area is 144 Å². The second-order valence-corrected chi connectivity index (χ2v) is 6.10. The molecule has 0 spiro atoms. The zero-order valence-corrected chi connectivity index (χ0v) is 13.9. The highest BCUT2D eigenvalue weighted by Crippen LogP contribution is 2.29. The number of benzene rings is 1. The van der Waals surface area contributed by atoms with Gasteiger partial charge < -0.3 is 14.9 Å². The van der Waals surface area contributed by atoms with Crippen molar-refractivity contribution in [2.75, 3.05) is 18.4 Å². The Morgan fingerprint density at radius 3 is 2.96 bits per heavy atom. The van der Waals surface area contributed by atoms with Crippen LogP contribution in [0.4, 0.5) is 5.69 Å². The smallest absolute Gasteiger partial charge is 0.335 e. The van der Waals surface area contributed by atoms with E-state index in [2.05, 4.69) is 15.5 Å². The number of hydrogen-bond acceptors (Lipinski definition) is 6. The Balaban J connectivity index is 1.66. The van der Waals surface area contributed by atoms with Gasteiger partial charge in [0.2, 0.25) is 11.8 Å². The molecule has 2 aromatic rings. The Morgan fingerprint density at radius 1 is 1.40 bits per heavy atom. The number of aryl methyl sites for hydroxylation is 1. The molecule has 1 aliphatic heterocycles. The lowest BCUT2D eigenvalue weighted by atomic mass is 10.0. The predicted octanol–water partition coefficient (Wildman–Crippen LogP) is 2.24. The first-order chi connectivity index (χ1) is 12.0. The summed E-state index contributed by atoms with van der Waals surface area (Å²) in [5.41, 5.74) is 0.599. The fraction of sp³-hybridized carbons (Fsp3) is 0.412. The molecule has 2 N–H and O–H groups in total. The number of piperidine rings is 1. The van der Waals surface area contributed by atoms with E-state index < -0.39 is 5.97 Å². The molecule has 1 saturated heterocycles. The molecule has 0 aliphatic carbocycles. The Hall–Kier alpha value is -2.74. The normalized spacial score (nSPS) is 18.0. The summed E-state index contributed by atoms with van der Waals surface area (Å²) in [7, 11) is 0. The van der Waals surface area contributed by atoms with Gasteiger partial charge in [0.25, 0.3) is 0 Å². The maximum atomic E-state index is 12.4. The maximum Gasteiger partial charge on any atom is 0.335 e. The number of carbonyl (C=O) groups excluding carboxylic acids is 1. The number of amides is 1. The number of aromatic nitrogens is 2. The number of carboxylic acid groups (broad SMARTS) is 1. The Kier molecular flexibility index (Phi) is 5.08. The summed E-state index contributed by atoms with van der Waals surface area (Å²) in [6.45, 7) is 2.72. The van der Waals surface area contributed by atoms with Gasteiger partial charge in [0, 0.05) is 5.69 Å². The molecular weight excluding hydrogens is 324 g/mol. The number of carboxylic acids is 1. The van der Waals surface area contributed by atoms with E-state index in [4.69, 9.17) is 9.63 Å². The van der Waals surface area contributed by atoms with Gasteiger partial charge in [0.15, 0.2) is 5.82 Å². The molecule has 0 radical (unpaired) electrons. The molecule has 8 heteroatoms. The average molecular weight is 344 g/mol. The highest BCUT2D eigenvalue weighted by Gasteiger charge is 2.29. The van der Waals surface area contributed by atoms with Crippen molar-refractivity contribution in [2.24, 2.45) is 0 Å². The number of likely N-dealkylation sites (tertiary alicyclic amines) is 1. The predicted molar refractivity (Wildman–Crippen MR) is 89.2 cm³/mol. The van der Waals surface area contributed by atoms with Gasteiger partial charge in [-0.1, -0.05) is 17.6 Å². The highest BCUT2D eigenvalue weighted by atomic mass is 16.5. The van der Waals surface area contributed by atoms with E-state index >= 15 is 0 Å². The molecule has 1 aromatic heterocycles. The van der Waals surface area contributed by atoms with Crippen LogP contribution in [0.15, 0.2) is 28.8 Å². The van der Waals surface area contributed by atoms with Gasteiger partial charge in [0.1, 0.15) is 0 Å². The minimum absolute atomic E-state index is 0.0638. The molecule has 1 atom stereocenters. The van der Waals surface area contributed by atoms with Crippen molar-refractivity contribution < 1.29 is 19.2 Å². The summed E-state index contributed by atoms with van der Waals surface area (Å²) in [6.07, 6.45) is 2.92. The van der Waals surface area contributed by atoms with Crippen LogP contribution in [-0.2, 0) is 4.79 Å². The number of nitrogens with one attached hydrogen (secondary N) is 1. The van der Waals surface area contributed by atoms with Gasteiger partial charge in [-0.25, -0.2) is 4.79 Å². The van der Waals surface area contributed by atoms with Crippen molar-refractivity contribution in [1.82, 2.24) is 15.0 Å².